The number of aromatic nitrogens is 2. The van der Waals surface area contributed by atoms with Crippen molar-refractivity contribution in [1.82, 2.24) is 20.4 Å². The zero-order chi connectivity index (χ0) is 20.7. The summed E-state index contributed by atoms with van der Waals surface area (Å²) in [6.07, 6.45) is 0.891. The highest BCUT2D eigenvalue weighted by Crippen LogP contribution is 2.25. The lowest BCUT2D eigenvalue weighted by Crippen LogP contribution is -2.43. The molecule has 2 N–H and O–H groups in total. The Kier molecular flexibility index (Phi) is 10.3. The van der Waals surface area contributed by atoms with Crippen LogP contribution in [0.1, 0.15) is 36.4 Å². The van der Waals surface area contributed by atoms with Crippen molar-refractivity contribution in [2.75, 3.05) is 20.8 Å². The van der Waals surface area contributed by atoms with Gasteiger partial charge in [-0.2, -0.15) is 5.10 Å². The summed E-state index contributed by atoms with van der Waals surface area (Å²) < 4.78 is 12.7. The van der Waals surface area contributed by atoms with E-state index >= 15 is 0 Å². The Morgan fingerprint density at radius 2 is 1.97 bits per heavy atom. The summed E-state index contributed by atoms with van der Waals surface area (Å²) in [7, 11) is 5.29. The van der Waals surface area contributed by atoms with Crippen molar-refractivity contribution in [2.45, 2.75) is 46.7 Å². The van der Waals surface area contributed by atoms with Gasteiger partial charge in [0, 0.05) is 37.0 Å². The Morgan fingerprint density at radius 3 is 2.52 bits per heavy atom. The molecule has 1 atom stereocenters. The molecule has 1 aromatic carbocycles. The van der Waals surface area contributed by atoms with Crippen LogP contribution in [0.3, 0.4) is 0 Å². The van der Waals surface area contributed by atoms with Gasteiger partial charge in [-0.05, 0) is 51.8 Å². The van der Waals surface area contributed by atoms with Crippen LogP contribution in [0.5, 0.6) is 11.5 Å². The first kappa shape index (κ1) is 25.1. The second kappa shape index (κ2) is 11.9. The quantitative estimate of drug-likeness (QED) is 0.321. The summed E-state index contributed by atoms with van der Waals surface area (Å²) in [6, 6.07) is 6.00. The molecule has 29 heavy (non-hydrogen) atoms. The third-order valence-electron chi connectivity index (χ3n) is 4.80. The number of hydrogen-bond acceptors (Lipinski definition) is 4. The van der Waals surface area contributed by atoms with E-state index < -0.39 is 0 Å². The molecule has 0 amide bonds. The highest BCUT2D eigenvalue weighted by Gasteiger charge is 2.14. The molecular formula is C21H34IN5O2. The number of aryl methyl sites for hydroxylation is 2. The maximum absolute atomic E-state index is 5.47. The standard InChI is InChI=1S/C21H33N5O2.HI/c1-8-22-21(23-13-17-9-10-18(27-6)12-20(17)28-7)24-14(2)11-19-15(3)25-26(5)16(19)4;/h9-10,12,14H,8,11,13H2,1-7H3,(H2,22,23,24);1H. The van der Waals surface area contributed by atoms with Crippen LogP contribution in [0.2, 0.25) is 0 Å². The van der Waals surface area contributed by atoms with Crippen LogP contribution in [0, 0.1) is 13.8 Å². The Hall–Kier alpha value is -1.97. The van der Waals surface area contributed by atoms with Crippen molar-refractivity contribution in [2.24, 2.45) is 12.0 Å². The minimum Gasteiger partial charge on any atom is -0.497 e. The minimum atomic E-state index is 0. The summed E-state index contributed by atoms with van der Waals surface area (Å²) in [5, 5.41) is 11.3. The van der Waals surface area contributed by atoms with Gasteiger partial charge in [0.1, 0.15) is 11.5 Å². The van der Waals surface area contributed by atoms with Crippen LogP contribution in [-0.4, -0.2) is 42.5 Å². The normalized spacial score (nSPS) is 12.2. The Bertz CT molecular complexity index is 820. The predicted octanol–water partition coefficient (Wildman–Crippen LogP) is 3.36. The van der Waals surface area contributed by atoms with Crippen molar-refractivity contribution in [3.05, 3.63) is 40.7 Å². The Morgan fingerprint density at radius 1 is 1.24 bits per heavy atom. The molecule has 1 aromatic heterocycles. The van der Waals surface area contributed by atoms with E-state index in [4.69, 9.17) is 14.5 Å². The summed E-state index contributed by atoms with van der Waals surface area (Å²) in [5.74, 6) is 2.33. The molecule has 0 aliphatic heterocycles. The fraction of sp³-hybridized carbons (Fsp3) is 0.524. The maximum Gasteiger partial charge on any atom is 0.191 e. The Labute approximate surface area is 191 Å². The number of rotatable bonds is 8. The van der Waals surface area contributed by atoms with Crippen LogP contribution < -0.4 is 20.1 Å². The summed E-state index contributed by atoms with van der Waals surface area (Å²) >= 11 is 0. The van der Waals surface area contributed by atoms with E-state index in [-0.39, 0.29) is 30.0 Å². The molecule has 0 bridgehead atoms. The van der Waals surface area contributed by atoms with Crippen molar-refractivity contribution in [1.29, 1.82) is 0 Å². The summed E-state index contributed by atoms with van der Waals surface area (Å²) in [5.41, 5.74) is 4.58. The highest BCUT2D eigenvalue weighted by atomic mass is 127. The molecule has 0 fully saturated rings. The number of guanidine groups is 1. The largest absolute Gasteiger partial charge is 0.497 e. The van der Waals surface area contributed by atoms with E-state index in [0.717, 1.165) is 41.7 Å². The third kappa shape index (κ3) is 6.80. The van der Waals surface area contributed by atoms with Crippen LogP contribution in [0.25, 0.3) is 0 Å². The van der Waals surface area contributed by atoms with E-state index in [1.807, 2.05) is 29.9 Å². The SMILES string of the molecule is CCNC(=NCc1ccc(OC)cc1OC)NC(C)Cc1c(C)nn(C)c1C.I. The molecule has 0 saturated heterocycles. The third-order valence-corrected chi connectivity index (χ3v) is 4.80. The number of benzene rings is 1. The molecule has 7 nitrogen and oxygen atoms in total. The van der Waals surface area contributed by atoms with Crippen molar-refractivity contribution >= 4 is 29.9 Å². The van der Waals surface area contributed by atoms with Gasteiger partial charge in [0.2, 0.25) is 0 Å². The molecule has 0 aliphatic rings. The van der Waals surface area contributed by atoms with Crippen LogP contribution in [0.15, 0.2) is 23.2 Å². The number of methoxy groups -OCH3 is 2. The van der Waals surface area contributed by atoms with Gasteiger partial charge in [-0.25, -0.2) is 4.99 Å². The van der Waals surface area contributed by atoms with E-state index in [0.29, 0.717) is 6.54 Å². The van der Waals surface area contributed by atoms with E-state index in [1.165, 1.54) is 11.3 Å². The number of aliphatic imine (C=N–C) groups is 1. The molecule has 0 saturated carbocycles. The van der Waals surface area contributed by atoms with Crippen molar-refractivity contribution in [3.8, 4) is 11.5 Å². The lowest BCUT2D eigenvalue weighted by atomic mass is 10.1. The molecule has 2 aromatic rings. The van der Waals surface area contributed by atoms with Crippen LogP contribution >= 0.6 is 24.0 Å². The fourth-order valence-corrected chi connectivity index (χ4v) is 3.17. The highest BCUT2D eigenvalue weighted by molar-refractivity contribution is 14.0. The lowest BCUT2D eigenvalue weighted by Gasteiger charge is -2.18. The monoisotopic (exact) mass is 515 g/mol. The van der Waals surface area contributed by atoms with E-state index in [1.54, 1.807) is 14.2 Å². The van der Waals surface area contributed by atoms with E-state index in [9.17, 15) is 0 Å². The van der Waals surface area contributed by atoms with E-state index in [2.05, 4.69) is 43.4 Å². The van der Waals surface area contributed by atoms with Gasteiger partial charge in [-0.1, -0.05) is 0 Å². The van der Waals surface area contributed by atoms with Crippen molar-refractivity contribution in [3.63, 3.8) is 0 Å². The molecular weight excluding hydrogens is 481 g/mol. The molecule has 1 unspecified atom stereocenters. The van der Waals surface area contributed by atoms with Gasteiger partial charge in [-0.3, -0.25) is 4.68 Å². The first-order valence-electron chi connectivity index (χ1n) is 9.64. The topological polar surface area (TPSA) is 72.7 Å². The predicted molar refractivity (Wildman–Crippen MR) is 129 cm³/mol. The number of nitrogens with zero attached hydrogens (tertiary/aromatic N) is 3. The number of hydrogen-bond donors (Lipinski definition) is 2. The van der Waals surface area contributed by atoms with Gasteiger partial charge in [0.05, 0.1) is 26.5 Å². The molecule has 0 aliphatic carbocycles. The second-order valence-corrected chi connectivity index (χ2v) is 6.90. The van der Waals surface area contributed by atoms with Crippen LogP contribution in [-0.2, 0) is 20.0 Å². The van der Waals surface area contributed by atoms with Crippen molar-refractivity contribution < 1.29 is 9.47 Å². The van der Waals surface area contributed by atoms with Gasteiger partial charge in [0.25, 0.3) is 0 Å². The van der Waals surface area contributed by atoms with Gasteiger partial charge in [0.15, 0.2) is 5.96 Å². The maximum atomic E-state index is 5.47. The van der Waals surface area contributed by atoms with Crippen LogP contribution in [0.4, 0.5) is 0 Å². The molecule has 0 spiro atoms. The average molecular weight is 515 g/mol. The second-order valence-electron chi connectivity index (χ2n) is 6.90. The smallest absolute Gasteiger partial charge is 0.191 e. The number of nitrogens with one attached hydrogen (secondary N) is 2. The van der Waals surface area contributed by atoms with Gasteiger partial charge in [-0.15, -0.1) is 24.0 Å². The number of halogens is 1. The van der Waals surface area contributed by atoms with Gasteiger partial charge >= 0.3 is 0 Å². The fourth-order valence-electron chi connectivity index (χ4n) is 3.17. The minimum absolute atomic E-state index is 0. The molecule has 162 valence electrons. The molecule has 8 heteroatoms. The Balaban J connectivity index is 0.00000420. The first-order chi connectivity index (χ1) is 13.4. The molecule has 0 radical (unpaired) electrons. The zero-order valence-electron chi connectivity index (χ0n) is 18.5. The zero-order valence-corrected chi connectivity index (χ0v) is 20.8. The lowest BCUT2D eigenvalue weighted by molar-refractivity contribution is 0.391. The summed E-state index contributed by atoms with van der Waals surface area (Å²) in [4.78, 5) is 4.73. The summed E-state index contributed by atoms with van der Waals surface area (Å²) in [6.45, 7) is 9.70. The average Bonchev–Trinajstić information content (AvgIpc) is 2.92. The first-order valence-corrected chi connectivity index (χ1v) is 9.64. The molecule has 1 heterocycles. The number of ether oxygens (including phenoxy) is 2. The van der Waals surface area contributed by atoms with Gasteiger partial charge < -0.3 is 20.1 Å². The molecule has 2 rings (SSSR count).